The molecule has 0 unspecified atom stereocenters. The first kappa shape index (κ1) is 12.9. The molecule has 2 rings (SSSR count). The molecule has 0 spiro atoms. The predicted molar refractivity (Wildman–Crippen MR) is 74.1 cm³/mol. The molecule has 0 aliphatic carbocycles. The number of ether oxygens (including phenoxy) is 2. The van der Waals surface area contributed by atoms with Crippen molar-refractivity contribution >= 4 is 11.5 Å². The minimum Gasteiger partial charge on any atom is -0.497 e. The van der Waals surface area contributed by atoms with E-state index in [2.05, 4.69) is 6.58 Å². The van der Waals surface area contributed by atoms with Gasteiger partial charge in [0.05, 0.1) is 12.7 Å². The number of carbonyl (C=O) groups is 1. The maximum absolute atomic E-state index is 11.9. The van der Waals surface area contributed by atoms with Crippen molar-refractivity contribution in [2.45, 2.75) is 0 Å². The van der Waals surface area contributed by atoms with E-state index in [9.17, 15) is 4.79 Å². The number of rotatable bonds is 4. The largest absolute Gasteiger partial charge is 0.497 e. The fourth-order valence-electron chi connectivity index (χ4n) is 1.57. The SMILES string of the molecule is C=C(C(=O)Oc1ccccc1)c1ccc(OC)cc1. The average Bonchev–Trinajstić information content (AvgIpc) is 2.47. The van der Waals surface area contributed by atoms with Crippen molar-refractivity contribution in [3.63, 3.8) is 0 Å². The zero-order valence-corrected chi connectivity index (χ0v) is 10.6. The third-order valence-electron chi connectivity index (χ3n) is 2.64. The zero-order chi connectivity index (χ0) is 13.7. The molecule has 96 valence electrons. The molecule has 0 N–H and O–H groups in total. The highest BCUT2D eigenvalue weighted by molar-refractivity contribution is 6.16. The molecule has 0 fully saturated rings. The van der Waals surface area contributed by atoms with Gasteiger partial charge in [0.25, 0.3) is 0 Å². The van der Waals surface area contributed by atoms with Crippen LogP contribution in [0.1, 0.15) is 5.56 Å². The third kappa shape index (κ3) is 3.22. The molecule has 2 aromatic rings. The molecule has 3 heteroatoms. The smallest absolute Gasteiger partial charge is 0.343 e. The Bertz CT molecular complexity index is 571. The molecule has 19 heavy (non-hydrogen) atoms. The number of para-hydroxylation sites is 1. The lowest BCUT2D eigenvalue weighted by molar-refractivity contribution is -0.127. The summed E-state index contributed by atoms with van der Waals surface area (Å²) in [5, 5.41) is 0. The van der Waals surface area contributed by atoms with E-state index < -0.39 is 5.97 Å². The summed E-state index contributed by atoms with van der Waals surface area (Å²) in [7, 11) is 1.59. The summed E-state index contributed by atoms with van der Waals surface area (Å²) in [5.41, 5.74) is 1.02. The van der Waals surface area contributed by atoms with Crippen molar-refractivity contribution in [1.82, 2.24) is 0 Å². The number of esters is 1. The summed E-state index contributed by atoms with van der Waals surface area (Å²) in [4.78, 5) is 11.9. The summed E-state index contributed by atoms with van der Waals surface area (Å²) in [6.07, 6.45) is 0. The van der Waals surface area contributed by atoms with Gasteiger partial charge in [-0.25, -0.2) is 4.79 Å². The van der Waals surface area contributed by atoms with E-state index in [1.807, 2.05) is 6.07 Å². The van der Waals surface area contributed by atoms with Gasteiger partial charge in [-0.3, -0.25) is 0 Å². The molecule has 0 bridgehead atoms. The Hall–Kier alpha value is -2.55. The van der Waals surface area contributed by atoms with Crippen molar-refractivity contribution in [3.05, 3.63) is 66.7 Å². The molecule has 0 aliphatic heterocycles. The molecule has 3 nitrogen and oxygen atoms in total. The Kier molecular flexibility index (Phi) is 3.98. The van der Waals surface area contributed by atoms with E-state index in [-0.39, 0.29) is 0 Å². The van der Waals surface area contributed by atoms with Gasteiger partial charge in [-0.15, -0.1) is 0 Å². The van der Waals surface area contributed by atoms with Gasteiger partial charge in [0.2, 0.25) is 0 Å². The van der Waals surface area contributed by atoms with E-state index in [4.69, 9.17) is 9.47 Å². The van der Waals surface area contributed by atoms with Crippen molar-refractivity contribution in [1.29, 1.82) is 0 Å². The van der Waals surface area contributed by atoms with E-state index >= 15 is 0 Å². The zero-order valence-electron chi connectivity index (χ0n) is 10.6. The quantitative estimate of drug-likeness (QED) is 0.477. The van der Waals surface area contributed by atoms with Crippen LogP contribution in [-0.2, 0) is 4.79 Å². The van der Waals surface area contributed by atoms with E-state index in [1.54, 1.807) is 55.6 Å². The van der Waals surface area contributed by atoms with Crippen LogP contribution in [0.4, 0.5) is 0 Å². The Morgan fingerprint density at radius 1 is 0.947 bits per heavy atom. The van der Waals surface area contributed by atoms with Crippen molar-refractivity contribution < 1.29 is 14.3 Å². The van der Waals surface area contributed by atoms with Gasteiger partial charge in [0.1, 0.15) is 11.5 Å². The summed E-state index contributed by atoms with van der Waals surface area (Å²) in [5.74, 6) is 0.770. The second-order valence-corrected chi connectivity index (χ2v) is 3.91. The van der Waals surface area contributed by atoms with E-state index in [1.165, 1.54) is 0 Å². The van der Waals surface area contributed by atoms with Gasteiger partial charge in [-0.2, -0.15) is 0 Å². The normalized spacial score (nSPS) is 9.74. The molecular weight excluding hydrogens is 240 g/mol. The summed E-state index contributed by atoms with van der Waals surface area (Å²) < 4.78 is 10.3. The van der Waals surface area contributed by atoms with Gasteiger partial charge in [0.15, 0.2) is 0 Å². The van der Waals surface area contributed by atoms with Gasteiger partial charge in [0, 0.05) is 0 Å². The maximum Gasteiger partial charge on any atom is 0.343 e. The highest BCUT2D eigenvalue weighted by Gasteiger charge is 2.11. The van der Waals surface area contributed by atoms with Gasteiger partial charge in [-0.05, 0) is 29.8 Å². The molecule has 0 saturated carbocycles. The summed E-state index contributed by atoms with van der Waals surface area (Å²) in [6, 6.07) is 16.0. The molecule has 0 aromatic heterocycles. The number of carbonyl (C=O) groups excluding carboxylic acids is 1. The minimum absolute atomic E-state index is 0.312. The van der Waals surface area contributed by atoms with Crippen LogP contribution in [-0.4, -0.2) is 13.1 Å². The van der Waals surface area contributed by atoms with Crippen LogP contribution in [0.25, 0.3) is 5.57 Å². The number of methoxy groups -OCH3 is 1. The second kappa shape index (κ2) is 5.87. The van der Waals surface area contributed by atoms with Crippen molar-refractivity contribution in [2.24, 2.45) is 0 Å². The second-order valence-electron chi connectivity index (χ2n) is 3.91. The van der Waals surface area contributed by atoms with Crippen LogP contribution in [0.2, 0.25) is 0 Å². The molecule has 0 atom stereocenters. The average molecular weight is 254 g/mol. The van der Waals surface area contributed by atoms with Crippen LogP contribution >= 0.6 is 0 Å². The lowest BCUT2D eigenvalue weighted by Crippen LogP contribution is -2.09. The fourth-order valence-corrected chi connectivity index (χ4v) is 1.57. The van der Waals surface area contributed by atoms with Crippen LogP contribution in [0.3, 0.4) is 0 Å². The van der Waals surface area contributed by atoms with Crippen LogP contribution < -0.4 is 9.47 Å². The fraction of sp³-hybridized carbons (Fsp3) is 0.0625. The van der Waals surface area contributed by atoms with E-state index in [0.717, 1.165) is 5.75 Å². The molecule has 0 heterocycles. The first-order valence-electron chi connectivity index (χ1n) is 5.81. The van der Waals surface area contributed by atoms with Crippen LogP contribution in [0, 0.1) is 0 Å². The van der Waals surface area contributed by atoms with Gasteiger partial charge < -0.3 is 9.47 Å². The molecule has 0 radical (unpaired) electrons. The monoisotopic (exact) mass is 254 g/mol. The Labute approximate surface area is 112 Å². The minimum atomic E-state index is -0.462. The first-order chi connectivity index (χ1) is 9.20. The number of hydrogen-bond donors (Lipinski definition) is 0. The maximum atomic E-state index is 11.9. The Balaban J connectivity index is 2.08. The molecule has 2 aromatic carbocycles. The van der Waals surface area contributed by atoms with Crippen molar-refractivity contribution in [2.75, 3.05) is 7.11 Å². The number of benzene rings is 2. The third-order valence-corrected chi connectivity index (χ3v) is 2.64. The van der Waals surface area contributed by atoms with Crippen molar-refractivity contribution in [3.8, 4) is 11.5 Å². The lowest BCUT2D eigenvalue weighted by atomic mass is 10.1. The summed E-state index contributed by atoms with van der Waals surface area (Å²) in [6.45, 7) is 3.76. The lowest BCUT2D eigenvalue weighted by Gasteiger charge is -2.07. The highest BCUT2D eigenvalue weighted by atomic mass is 16.5. The van der Waals surface area contributed by atoms with Gasteiger partial charge >= 0.3 is 5.97 Å². The van der Waals surface area contributed by atoms with E-state index in [0.29, 0.717) is 16.9 Å². The number of hydrogen-bond acceptors (Lipinski definition) is 3. The molecule has 0 saturated heterocycles. The predicted octanol–water partition coefficient (Wildman–Crippen LogP) is 3.31. The highest BCUT2D eigenvalue weighted by Crippen LogP contribution is 2.19. The molecule has 0 amide bonds. The first-order valence-corrected chi connectivity index (χ1v) is 5.81. The van der Waals surface area contributed by atoms with Gasteiger partial charge in [-0.1, -0.05) is 36.9 Å². The standard InChI is InChI=1S/C16H14O3/c1-12(13-8-10-14(18-2)11-9-13)16(17)19-15-6-4-3-5-7-15/h3-11H,1H2,2H3. The molecule has 0 aliphatic rings. The Morgan fingerprint density at radius 3 is 2.16 bits per heavy atom. The Morgan fingerprint density at radius 2 is 1.58 bits per heavy atom. The van der Waals surface area contributed by atoms with Crippen LogP contribution in [0.5, 0.6) is 11.5 Å². The van der Waals surface area contributed by atoms with Crippen LogP contribution in [0.15, 0.2) is 61.2 Å². The topological polar surface area (TPSA) is 35.5 Å². The molecular formula is C16H14O3. The summed E-state index contributed by atoms with van der Waals surface area (Å²) >= 11 is 0.